The lowest BCUT2D eigenvalue weighted by Gasteiger charge is -2.26. The van der Waals surface area contributed by atoms with Gasteiger partial charge in [0, 0.05) is 31.1 Å². The Balaban J connectivity index is 1.47. The van der Waals surface area contributed by atoms with Crippen molar-refractivity contribution in [1.29, 1.82) is 0 Å². The zero-order valence-corrected chi connectivity index (χ0v) is 13.6. The first-order valence-corrected chi connectivity index (χ1v) is 8.37. The van der Waals surface area contributed by atoms with Crippen LogP contribution in [0.15, 0.2) is 17.5 Å². The number of fused-ring (bicyclic) bond motifs is 1. The zero-order chi connectivity index (χ0) is 14.8. The normalized spacial score (nSPS) is 15.0. The van der Waals surface area contributed by atoms with E-state index in [1.54, 1.807) is 0 Å². The predicted molar refractivity (Wildman–Crippen MR) is 86.4 cm³/mol. The number of carbonyl (C=O) groups excluding carboxylic acids is 1. The Kier molecular flexibility index (Phi) is 4.54. The minimum atomic E-state index is -0.183. The second kappa shape index (κ2) is 6.40. The number of hydrogen-bond donors (Lipinski definition) is 2. The van der Waals surface area contributed by atoms with E-state index < -0.39 is 0 Å². The Morgan fingerprint density at radius 2 is 2.33 bits per heavy atom. The van der Waals surface area contributed by atoms with Crippen LogP contribution in [0.25, 0.3) is 0 Å². The Labute approximate surface area is 137 Å². The summed E-state index contributed by atoms with van der Waals surface area (Å²) >= 11 is 13.4. The number of amides is 1. The molecule has 1 aliphatic heterocycles. The van der Waals surface area contributed by atoms with E-state index >= 15 is 0 Å². The average molecular weight is 344 g/mol. The van der Waals surface area contributed by atoms with Gasteiger partial charge in [-0.25, -0.2) is 0 Å². The highest BCUT2D eigenvalue weighted by molar-refractivity contribution is 7.10. The highest BCUT2D eigenvalue weighted by atomic mass is 35.5. The van der Waals surface area contributed by atoms with Crippen LogP contribution in [0.4, 0.5) is 0 Å². The number of hydrogen-bond acceptors (Lipinski definition) is 3. The molecule has 7 heteroatoms. The lowest BCUT2D eigenvalue weighted by atomic mass is 10.1. The quantitative estimate of drug-likeness (QED) is 0.895. The van der Waals surface area contributed by atoms with Gasteiger partial charge in [-0.2, -0.15) is 0 Å². The Bertz CT molecular complexity index is 633. The third-order valence-corrected chi connectivity index (χ3v) is 5.29. The van der Waals surface area contributed by atoms with Crippen LogP contribution in [0.5, 0.6) is 0 Å². The lowest BCUT2D eigenvalue weighted by Crippen LogP contribution is -2.37. The zero-order valence-electron chi connectivity index (χ0n) is 11.3. The van der Waals surface area contributed by atoms with Crippen LogP contribution in [-0.2, 0) is 13.0 Å². The van der Waals surface area contributed by atoms with E-state index in [0.717, 1.165) is 26.1 Å². The molecule has 0 fully saturated rings. The van der Waals surface area contributed by atoms with Crippen LogP contribution < -0.4 is 5.32 Å². The van der Waals surface area contributed by atoms with Gasteiger partial charge in [0.2, 0.25) is 0 Å². The van der Waals surface area contributed by atoms with E-state index in [2.05, 4.69) is 26.6 Å². The second-order valence-electron chi connectivity index (χ2n) is 5.00. The van der Waals surface area contributed by atoms with Crippen molar-refractivity contribution in [3.05, 3.63) is 43.8 Å². The molecule has 3 heterocycles. The summed E-state index contributed by atoms with van der Waals surface area (Å²) in [6.07, 6.45) is 1.10. The molecule has 21 heavy (non-hydrogen) atoms. The van der Waals surface area contributed by atoms with Crippen molar-refractivity contribution in [3.8, 4) is 0 Å². The van der Waals surface area contributed by atoms with E-state index in [1.807, 2.05) is 11.3 Å². The topological polar surface area (TPSA) is 48.1 Å². The van der Waals surface area contributed by atoms with Crippen LogP contribution in [0, 0.1) is 0 Å². The Morgan fingerprint density at radius 1 is 1.48 bits per heavy atom. The van der Waals surface area contributed by atoms with Crippen molar-refractivity contribution < 1.29 is 4.79 Å². The monoisotopic (exact) mass is 343 g/mol. The molecule has 2 N–H and O–H groups in total. The van der Waals surface area contributed by atoms with Gasteiger partial charge in [0.05, 0.1) is 5.02 Å². The molecule has 0 aliphatic carbocycles. The van der Waals surface area contributed by atoms with Gasteiger partial charge in [-0.05, 0) is 29.5 Å². The van der Waals surface area contributed by atoms with Crippen LogP contribution in [0.1, 0.15) is 20.9 Å². The smallest absolute Gasteiger partial charge is 0.267 e. The number of thiophene rings is 1. The summed E-state index contributed by atoms with van der Waals surface area (Å²) in [4.78, 5) is 18.5. The molecule has 0 unspecified atom stereocenters. The van der Waals surface area contributed by atoms with Crippen molar-refractivity contribution in [2.24, 2.45) is 0 Å². The van der Waals surface area contributed by atoms with E-state index in [-0.39, 0.29) is 5.91 Å². The third kappa shape index (κ3) is 3.43. The highest BCUT2D eigenvalue weighted by Gasteiger charge is 2.17. The molecule has 0 spiro atoms. The molecular weight excluding hydrogens is 329 g/mol. The van der Waals surface area contributed by atoms with Gasteiger partial charge in [-0.15, -0.1) is 11.3 Å². The van der Waals surface area contributed by atoms with Crippen molar-refractivity contribution >= 4 is 40.4 Å². The molecule has 2 aromatic heterocycles. The highest BCUT2D eigenvalue weighted by Crippen LogP contribution is 2.24. The summed E-state index contributed by atoms with van der Waals surface area (Å²) in [6.45, 7) is 3.45. The average Bonchev–Trinajstić information content (AvgIpc) is 3.05. The van der Waals surface area contributed by atoms with Crippen LogP contribution in [0.3, 0.4) is 0 Å². The molecule has 4 nitrogen and oxygen atoms in total. The fraction of sp³-hybridized carbons (Fsp3) is 0.357. The molecule has 1 aliphatic rings. The van der Waals surface area contributed by atoms with Gasteiger partial charge in [0.15, 0.2) is 0 Å². The fourth-order valence-corrected chi connectivity index (χ4v) is 3.65. The van der Waals surface area contributed by atoms with E-state index in [0.29, 0.717) is 22.4 Å². The SMILES string of the molecule is O=C(NCCN1CCc2sccc2C1)c1cc(Cl)c(Cl)[nH]1. The van der Waals surface area contributed by atoms with Gasteiger partial charge >= 0.3 is 0 Å². The third-order valence-electron chi connectivity index (χ3n) is 3.57. The van der Waals surface area contributed by atoms with Crippen molar-refractivity contribution in [3.63, 3.8) is 0 Å². The van der Waals surface area contributed by atoms with Gasteiger partial charge in [-0.3, -0.25) is 9.69 Å². The van der Waals surface area contributed by atoms with Crippen LogP contribution >= 0.6 is 34.5 Å². The van der Waals surface area contributed by atoms with Crippen LogP contribution in [0.2, 0.25) is 10.2 Å². The molecular formula is C14H15Cl2N3OS. The van der Waals surface area contributed by atoms with Gasteiger partial charge in [0.1, 0.15) is 10.8 Å². The number of rotatable bonds is 4. The molecule has 0 radical (unpaired) electrons. The van der Waals surface area contributed by atoms with E-state index in [9.17, 15) is 4.79 Å². The first-order chi connectivity index (χ1) is 10.1. The number of aromatic nitrogens is 1. The molecule has 112 valence electrons. The van der Waals surface area contributed by atoms with Crippen molar-refractivity contribution in [1.82, 2.24) is 15.2 Å². The number of H-pyrrole nitrogens is 1. The maximum absolute atomic E-state index is 11.9. The van der Waals surface area contributed by atoms with Gasteiger partial charge in [-0.1, -0.05) is 23.2 Å². The van der Waals surface area contributed by atoms with Crippen molar-refractivity contribution in [2.75, 3.05) is 19.6 Å². The number of aromatic amines is 1. The maximum atomic E-state index is 11.9. The van der Waals surface area contributed by atoms with Gasteiger partial charge in [0.25, 0.3) is 5.91 Å². The minimum absolute atomic E-state index is 0.183. The number of carbonyl (C=O) groups is 1. The standard InChI is InChI=1S/C14H15Cl2N3OS/c15-10-7-11(18-13(10)16)14(20)17-3-5-19-4-1-12-9(8-19)2-6-21-12/h2,6-7,18H,1,3-5,8H2,(H,17,20). The summed E-state index contributed by atoms with van der Waals surface area (Å²) in [5, 5.41) is 5.68. The Hall–Kier alpha value is -1.01. The largest absolute Gasteiger partial charge is 0.349 e. The number of nitrogens with zero attached hydrogens (tertiary/aromatic N) is 1. The molecule has 3 rings (SSSR count). The number of nitrogens with one attached hydrogen (secondary N) is 2. The summed E-state index contributed by atoms with van der Waals surface area (Å²) in [5.41, 5.74) is 1.81. The van der Waals surface area contributed by atoms with E-state index in [4.69, 9.17) is 23.2 Å². The molecule has 0 bridgehead atoms. The first-order valence-electron chi connectivity index (χ1n) is 6.73. The van der Waals surface area contributed by atoms with Crippen molar-refractivity contribution in [2.45, 2.75) is 13.0 Å². The maximum Gasteiger partial charge on any atom is 0.267 e. The molecule has 0 aromatic carbocycles. The minimum Gasteiger partial charge on any atom is -0.349 e. The summed E-state index contributed by atoms with van der Waals surface area (Å²) in [6, 6.07) is 3.73. The lowest BCUT2D eigenvalue weighted by molar-refractivity contribution is 0.0943. The summed E-state index contributed by atoms with van der Waals surface area (Å²) in [5.74, 6) is -0.183. The predicted octanol–water partition coefficient (Wildman–Crippen LogP) is 3.17. The van der Waals surface area contributed by atoms with E-state index in [1.165, 1.54) is 16.5 Å². The summed E-state index contributed by atoms with van der Waals surface area (Å²) < 4.78 is 0. The Morgan fingerprint density at radius 3 is 3.10 bits per heavy atom. The molecule has 0 saturated heterocycles. The molecule has 1 amide bonds. The van der Waals surface area contributed by atoms with Gasteiger partial charge < -0.3 is 10.3 Å². The summed E-state index contributed by atoms with van der Waals surface area (Å²) in [7, 11) is 0. The second-order valence-corrected chi connectivity index (χ2v) is 6.78. The first kappa shape index (κ1) is 14.9. The van der Waals surface area contributed by atoms with Crippen LogP contribution in [-0.4, -0.2) is 35.4 Å². The fourth-order valence-electron chi connectivity index (χ4n) is 2.45. The number of halogens is 2. The molecule has 0 saturated carbocycles. The molecule has 0 atom stereocenters. The molecule has 2 aromatic rings.